The number of guanidine groups is 1. The van der Waals surface area contributed by atoms with Crippen molar-refractivity contribution < 1.29 is 9.15 Å². The van der Waals surface area contributed by atoms with Crippen LogP contribution >= 0.6 is 0 Å². The first-order valence-electron chi connectivity index (χ1n) is 8.94. The van der Waals surface area contributed by atoms with Gasteiger partial charge in [0.2, 0.25) is 5.89 Å². The topological polar surface area (TPSA) is 71.7 Å². The highest BCUT2D eigenvalue weighted by Gasteiger charge is 2.19. The van der Waals surface area contributed by atoms with Crippen molar-refractivity contribution in [2.45, 2.75) is 53.1 Å². The summed E-state index contributed by atoms with van der Waals surface area (Å²) in [7, 11) is 1.68. The van der Waals surface area contributed by atoms with Crippen molar-refractivity contribution in [3.8, 4) is 5.75 Å². The summed E-state index contributed by atoms with van der Waals surface area (Å²) in [5.74, 6) is 3.13. The van der Waals surface area contributed by atoms with E-state index in [0.29, 0.717) is 19.0 Å². The first-order chi connectivity index (χ1) is 12.3. The Morgan fingerprint density at radius 2 is 2.04 bits per heavy atom. The quantitative estimate of drug-likeness (QED) is 0.610. The normalized spacial score (nSPS) is 12.2. The van der Waals surface area contributed by atoms with Crippen molar-refractivity contribution >= 4 is 5.96 Å². The van der Waals surface area contributed by atoms with E-state index in [2.05, 4.69) is 47.4 Å². The van der Waals surface area contributed by atoms with Crippen molar-refractivity contribution in [3.05, 3.63) is 47.2 Å². The number of aryl methyl sites for hydroxylation is 1. The molecule has 0 atom stereocenters. The van der Waals surface area contributed by atoms with Gasteiger partial charge in [0.1, 0.15) is 11.5 Å². The lowest BCUT2D eigenvalue weighted by molar-refractivity contribution is 0.379. The number of oxazole rings is 1. The van der Waals surface area contributed by atoms with Crippen LogP contribution in [0.15, 0.2) is 33.8 Å². The Kier molecular flexibility index (Phi) is 6.66. The maximum atomic E-state index is 5.81. The maximum Gasteiger partial charge on any atom is 0.213 e. The summed E-state index contributed by atoms with van der Waals surface area (Å²) in [6, 6.07) is 6.13. The highest BCUT2D eigenvalue weighted by Crippen LogP contribution is 2.22. The third-order valence-electron chi connectivity index (χ3n) is 3.94. The minimum absolute atomic E-state index is 0.0473. The zero-order valence-electron chi connectivity index (χ0n) is 16.6. The molecule has 0 aliphatic heterocycles. The fraction of sp³-hybridized carbons (Fsp3) is 0.500. The van der Waals surface area contributed by atoms with E-state index < -0.39 is 0 Å². The second-order valence-electron chi connectivity index (χ2n) is 7.22. The molecule has 26 heavy (non-hydrogen) atoms. The Labute approximate surface area is 156 Å². The van der Waals surface area contributed by atoms with E-state index in [1.54, 1.807) is 13.3 Å². The Morgan fingerprint density at radius 3 is 2.65 bits per heavy atom. The third-order valence-corrected chi connectivity index (χ3v) is 3.94. The van der Waals surface area contributed by atoms with Gasteiger partial charge in [-0.2, -0.15) is 0 Å². The lowest BCUT2D eigenvalue weighted by Crippen LogP contribution is -2.36. The van der Waals surface area contributed by atoms with Gasteiger partial charge in [-0.3, -0.25) is 0 Å². The number of nitrogens with one attached hydrogen (secondary N) is 2. The zero-order valence-corrected chi connectivity index (χ0v) is 16.6. The number of aromatic nitrogens is 1. The number of methoxy groups -OCH3 is 1. The molecular formula is C20H30N4O2. The molecule has 2 rings (SSSR count). The van der Waals surface area contributed by atoms with E-state index >= 15 is 0 Å². The summed E-state index contributed by atoms with van der Waals surface area (Å²) in [6.45, 7) is 12.2. The standard InChI is InChI=1S/C20H30N4O2/c1-7-21-19(23-11-15-9-8-14(2)16(10-15)25-6)24-13-18-22-12-17(26-18)20(3,4)5/h8-10,12H,7,11,13H2,1-6H3,(H2,21,23,24). The molecule has 1 aromatic heterocycles. The van der Waals surface area contributed by atoms with Gasteiger partial charge in [-0.1, -0.05) is 32.9 Å². The predicted molar refractivity (Wildman–Crippen MR) is 105 cm³/mol. The van der Waals surface area contributed by atoms with Crippen LogP contribution in [0.2, 0.25) is 0 Å². The molecule has 2 N–H and O–H groups in total. The van der Waals surface area contributed by atoms with E-state index in [0.717, 1.165) is 35.1 Å². The Balaban J connectivity index is 2.01. The lowest BCUT2D eigenvalue weighted by atomic mass is 9.94. The van der Waals surface area contributed by atoms with Gasteiger partial charge in [-0.15, -0.1) is 0 Å². The Hall–Kier alpha value is -2.50. The van der Waals surface area contributed by atoms with E-state index in [1.807, 2.05) is 26.0 Å². The fourth-order valence-electron chi connectivity index (χ4n) is 2.37. The molecule has 0 radical (unpaired) electrons. The van der Waals surface area contributed by atoms with Crippen LogP contribution in [0.25, 0.3) is 0 Å². The van der Waals surface area contributed by atoms with Crippen molar-refractivity contribution in [2.75, 3.05) is 13.7 Å². The molecular weight excluding hydrogens is 328 g/mol. The van der Waals surface area contributed by atoms with Crippen LogP contribution in [0, 0.1) is 6.92 Å². The second-order valence-corrected chi connectivity index (χ2v) is 7.22. The SMILES string of the molecule is CCNC(=NCc1ccc(C)c(OC)c1)NCc1ncc(C(C)(C)C)o1. The summed E-state index contributed by atoms with van der Waals surface area (Å²) in [6.07, 6.45) is 1.79. The van der Waals surface area contributed by atoms with Crippen molar-refractivity contribution in [3.63, 3.8) is 0 Å². The number of ether oxygens (including phenoxy) is 1. The highest BCUT2D eigenvalue weighted by molar-refractivity contribution is 5.79. The van der Waals surface area contributed by atoms with E-state index in [-0.39, 0.29) is 5.41 Å². The number of nitrogens with zero attached hydrogens (tertiary/aromatic N) is 2. The molecule has 142 valence electrons. The Bertz CT molecular complexity index is 745. The van der Waals surface area contributed by atoms with E-state index in [4.69, 9.17) is 9.15 Å². The molecule has 0 amide bonds. The summed E-state index contributed by atoms with van der Waals surface area (Å²) in [5, 5.41) is 6.50. The summed E-state index contributed by atoms with van der Waals surface area (Å²) >= 11 is 0. The first-order valence-corrected chi connectivity index (χ1v) is 8.94. The highest BCUT2D eigenvalue weighted by atomic mass is 16.5. The molecule has 0 aliphatic rings. The van der Waals surface area contributed by atoms with Crippen molar-refractivity contribution in [1.82, 2.24) is 15.6 Å². The fourth-order valence-corrected chi connectivity index (χ4v) is 2.37. The van der Waals surface area contributed by atoms with Crippen LogP contribution < -0.4 is 15.4 Å². The molecule has 0 aliphatic carbocycles. The average Bonchev–Trinajstić information content (AvgIpc) is 3.08. The molecule has 0 spiro atoms. The number of benzene rings is 1. The van der Waals surface area contributed by atoms with Gasteiger partial charge in [-0.25, -0.2) is 9.98 Å². The number of hydrogen-bond donors (Lipinski definition) is 2. The monoisotopic (exact) mass is 358 g/mol. The largest absolute Gasteiger partial charge is 0.496 e. The summed E-state index contributed by atoms with van der Waals surface area (Å²) < 4.78 is 11.2. The molecule has 0 fully saturated rings. The number of rotatable bonds is 6. The Morgan fingerprint density at radius 1 is 1.27 bits per heavy atom. The van der Waals surface area contributed by atoms with Crippen LogP contribution in [0.4, 0.5) is 0 Å². The molecule has 1 aromatic carbocycles. The minimum atomic E-state index is -0.0473. The van der Waals surface area contributed by atoms with Crippen LogP contribution in [0.3, 0.4) is 0 Å². The van der Waals surface area contributed by atoms with Gasteiger partial charge < -0.3 is 19.8 Å². The van der Waals surface area contributed by atoms with Crippen LogP contribution in [0.1, 0.15) is 50.5 Å². The smallest absolute Gasteiger partial charge is 0.213 e. The molecule has 6 heteroatoms. The van der Waals surface area contributed by atoms with Crippen LogP contribution in [0.5, 0.6) is 5.75 Å². The second kappa shape index (κ2) is 8.74. The van der Waals surface area contributed by atoms with E-state index in [1.165, 1.54) is 0 Å². The molecule has 6 nitrogen and oxygen atoms in total. The van der Waals surface area contributed by atoms with Gasteiger partial charge in [-0.05, 0) is 31.0 Å². The molecule has 0 unspecified atom stereocenters. The van der Waals surface area contributed by atoms with Crippen molar-refractivity contribution in [2.24, 2.45) is 4.99 Å². The van der Waals surface area contributed by atoms with Gasteiger partial charge in [0.15, 0.2) is 5.96 Å². The molecule has 1 heterocycles. The number of aliphatic imine (C=N–C) groups is 1. The minimum Gasteiger partial charge on any atom is -0.496 e. The van der Waals surface area contributed by atoms with E-state index in [9.17, 15) is 0 Å². The van der Waals surface area contributed by atoms with Crippen LogP contribution in [-0.4, -0.2) is 24.6 Å². The predicted octanol–water partition coefficient (Wildman–Crippen LogP) is 3.54. The lowest BCUT2D eigenvalue weighted by Gasteiger charge is -2.13. The first kappa shape index (κ1) is 19.8. The molecule has 0 saturated heterocycles. The maximum absolute atomic E-state index is 5.81. The van der Waals surface area contributed by atoms with Gasteiger partial charge in [0, 0.05) is 12.0 Å². The third kappa shape index (κ3) is 5.51. The molecule has 0 saturated carbocycles. The average molecular weight is 358 g/mol. The molecule has 2 aromatic rings. The summed E-state index contributed by atoms with van der Waals surface area (Å²) in [4.78, 5) is 8.97. The van der Waals surface area contributed by atoms with Crippen molar-refractivity contribution in [1.29, 1.82) is 0 Å². The number of hydrogen-bond acceptors (Lipinski definition) is 4. The summed E-state index contributed by atoms with van der Waals surface area (Å²) in [5.41, 5.74) is 2.16. The zero-order chi connectivity index (χ0) is 19.2. The van der Waals surface area contributed by atoms with Gasteiger partial charge >= 0.3 is 0 Å². The van der Waals surface area contributed by atoms with Gasteiger partial charge in [0.25, 0.3) is 0 Å². The van der Waals surface area contributed by atoms with Crippen LogP contribution in [-0.2, 0) is 18.5 Å². The molecule has 0 bridgehead atoms. The van der Waals surface area contributed by atoms with Gasteiger partial charge in [0.05, 0.1) is 26.4 Å².